The standard InChI is InChI=1S/C21H22N6S/c1-25-10-11-26(15-21-23-9-12-28-21)14-19(25)17-13-27-18(3-2-4-20(27)24-17)16-5-7-22-8-6-16/h2-9,12-13,19H,10-11,14-15H2,1H3/t19-/m1/s1. The van der Waals surface area contributed by atoms with Crippen LogP contribution in [0.2, 0.25) is 0 Å². The first-order valence-corrected chi connectivity index (χ1v) is 10.4. The molecular weight excluding hydrogens is 368 g/mol. The van der Waals surface area contributed by atoms with Gasteiger partial charge in [0.05, 0.1) is 24.0 Å². The summed E-state index contributed by atoms with van der Waals surface area (Å²) in [5.74, 6) is 0. The van der Waals surface area contributed by atoms with Crippen molar-refractivity contribution in [2.24, 2.45) is 0 Å². The molecule has 0 bridgehead atoms. The Kier molecular flexibility index (Phi) is 4.64. The summed E-state index contributed by atoms with van der Waals surface area (Å²) in [4.78, 5) is 18.4. The third kappa shape index (κ3) is 3.32. The molecule has 0 saturated carbocycles. The second kappa shape index (κ2) is 7.43. The van der Waals surface area contributed by atoms with E-state index in [0.717, 1.165) is 48.8 Å². The van der Waals surface area contributed by atoms with Gasteiger partial charge in [-0.1, -0.05) is 6.07 Å². The summed E-state index contributed by atoms with van der Waals surface area (Å²) in [7, 11) is 2.19. The van der Waals surface area contributed by atoms with Gasteiger partial charge in [-0.3, -0.25) is 19.2 Å². The number of nitrogens with zero attached hydrogens (tertiary/aromatic N) is 6. The Balaban J connectivity index is 1.46. The molecule has 1 atom stereocenters. The number of rotatable bonds is 4. The molecule has 0 aromatic carbocycles. The fourth-order valence-electron chi connectivity index (χ4n) is 3.86. The number of thiazole rings is 1. The molecule has 0 unspecified atom stereocenters. The first-order chi connectivity index (χ1) is 13.8. The molecule has 1 aliphatic rings. The second-order valence-corrected chi connectivity index (χ2v) is 8.18. The molecule has 4 aromatic heterocycles. The summed E-state index contributed by atoms with van der Waals surface area (Å²) >= 11 is 1.73. The number of fused-ring (bicyclic) bond motifs is 1. The van der Waals surface area contributed by atoms with Gasteiger partial charge < -0.3 is 0 Å². The van der Waals surface area contributed by atoms with Crippen LogP contribution in [0.5, 0.6) is 0 Å². The first kappa shape index (κ1) is 17.5. The molecule has 142 valence electrons. The van der Waals surface area contributed by atoms with E-state index in [-0.39, 0.29) is 6.04 Å². The summed E-state index contributed by atoms with van der Waals surface area (Å²) in [6.45, 7) is 3.96. The molecule has 7 heteroatoms. The Hall–Kier alpha value is -2.61. The van der Waals surface area contributed by atoms with Crippen molar-refractivity contribution in [2.45, 2.75) is 12.6 Å². The Morgan fingerprint density at radius 1 is 1.11 bits per heavy atom. The Labute approximate surface area is 168 Å². The highest BCUT2D eigenvalue weighted by molar-refractivity contribution is 7.09. The number of piperazine rings is 1. The Bertz CT molecular complexity index is 1060. The van der Waals surface area contributed by atoms with E-state index in [1.165, 1.54) is 5.01 Å². The minimum Gasteiger partial charge on any atom is -0.299 e. The molecule has 6 nitrogen and oxygen atoms in total. The van der Waals surface area contributed by atoms with Gasteiger partial charge in [-0.25, -0.2) is 9.97 Å². The molecule has 5 heterocycles. The molecule has 28 heavy (non-hydrogen) atoms. The van der Waals surface area contributed by atoms with Crippen LogP contribution in [0, 0.1) is 0 Å². The SMILES string of the molecule is CN1CCN(Cc2nccs2)C[C@@H]1c1cn2c(-c3ccncc3)cccc2n1. The van der Waals surface area contributed by atoms with E-state index >= 15 is 0 Å². The summed E-state index contributed by atoms with van der Waals surface area (Å²) in [6, 6.07) is 10.6. The number of likely N-dealkylation sites (N-methyl/N-ethyl adjacent to an activating group) is 1. The van der Waals surface area contributed by atoms with E-state index in [0.29, 0.717) is 0 Å². The first-order valence-electron chi connectivity index (χ1n) is 9.47. The summed E-state index contributed by atoms with van der Waals surface area (Å²) in [6.07, 6.45) is 7.74. The van der Waals surface area contributed by atoms with E-state index in [9.17, 15) is 0 Å². The van der Waals surface area contributed by atoms with Crippen LogP contribution in [0.25, 0.3) is 16.9 Å². The molecule has 1 saturated heterocycles. The summed E-state index contributed by atoms with van der Waals surface area (Å²) < 4.78 is 2.19. The molecule has 0 amide bonds. The van der Waals surface area contributed by atoms with Crippen molar-refractivity contribution in [3.05, 3.63) is 71.2 Å². The van der Waals surface area contributed by atoms with Crippen molar-refractivity contribution >= 4 is 17.0 Å². The number of pyridine rings is 2. The fraction of sp³-hybridized carbons (Fsp3) is 0.286. The average Bonchev–Trinajstić information content (AvgIpc) is 3.39. The zero-order valence-electron chi connectivity index (χ0n) is 15.8. The molecule has 0 spiro atoms. The maximum Gasteiger partial charge on any atom is 0.137 e. The predicted molar refractivity (Wildman–Crippen MR) is 111 cm³/mol. The lowest BCUT2D eigenvalue weighted by Gasteiger charge is -2.38. The smallest absolute Gasteiger partial charge is 0.137 e. The van der Waals surface area contributed by atoms with Gasteiger partial charge in [0.15, 0.2) is 0 Å². The van der Waals surface area contributed by atoms with Crippen molar-refractivity contribution < 1.29 is 0 Å². The molecule has 1 aliphatic heterocycles. The van der Waals surface area contributed by atoms with Crippen molar-refractivity contribution in [2.75, 3.05) is 26.7 Å². The van der Waals surface area contributed by atoms with Crippen LogP contribution in [0.4, 0.5) is 0 Å². The Morgan fingerprint density at radius 3 is 2.82 bits per heavy atom. The monoisotopic (exact) mass is 390 g/mol. The minimum atomic E-state index is 0.277. The largest absolute Gasteiger partial charge is 0.299 e. The summed E-state index contributed by atoms with van der Waals surface area (Å²) in [5, 5.41) is 3.23. The highest BCUT2D eigenvalue weighted by atomic mass is 32.1. The van der Waals surface area contributed by atoms with Crippen LogP contribution in [0.3, 0.4) is 0 Å². The maximum absolute atomic E-state index is 4.97. The lowest BCUT2D eigenvalue weighted by atomic mass is 10.1. The van der Waals surface area contributed by atoms with E-state index in [1.807, 2.05) is 36.1 Å². The van der Waals surface area contributed by atoms with Gasteiger partial charge in [0, 0.05) is 55.4 Å². The molecule has 0 N–H and O–H groups in total. The lowest BCUT2D eigenvalue weighted by Crippen LogP contribution is -2.46. The van der Waals surface area contributed by atoms with Crippen LogP contribution >= 0.6 is 11.3 Å². The van der Waals surface area contributed by atoms with E-state index < -0.39 is 0 Å². The van der Waals surface area contributed by atoms with E-state index in [1.54, 1.807) is 11.3 Å². The summed E-state index contributed by atoms with van der Waals surface area (Å²) in [5.41, 5.74) is 4.38. The molecular formula is C21H22N6S. The normalized spacial score (nSPS) is 18.7. The fourth-order valence-corrected chi connectivity index (χ4v) is 4.52. The average molecular weight is 391 g/mol. The van der Waals surface area contributed by atoms with Crippen LogP contribution < -0.4 is 0 Å². The highest BCUT2D eigenvalue weighted by Gasteiger charge is 2.28. The zero-order valence-corrected chi connectivity index (χ0v) is 16.6. The molecule has 0 radical (unpaired) electrons. The minimum absolute atomic E-state index is 0.277. The van der Waals surface area contributed by atoms with Crippen LogP contribution in [-0.2, 0) is 6.54 Å². The van der Waals surface area contributed by atoms with Gasteiger partial charge in [-0.2, -0.15) is 0 Å². The van der Waals surface area contributed by atoms with Crippen molar-refractivity contribution in [1.29, 1.82) is 0 Å². The highest BCUT2D eigenvalue weighted by Crippen LogP contribution is 2.27. The van der Waals surface area contributed by atoms with Crippen molar-refractivity contribution in [3.63, 3.8) is 0 Å². The van der Waals surface area contributed by atoms with E-state index in [4.69, 9.17) is 4.98 Å². The number of hydrogen-bond donors (Lipinski definition) is 0. The molecule has 4 aromatic rings. The van der Waals surface area contributed by atoms with Gasteiger partial charge in [0.1, 0.15) is 10.7 Å². The maximum atomic E-state index is 4.97. The van der Waals surface area contributed by atoms with E-state index in [2.05, 4.69) is 55.6 Å². The Morgan fingerprint density at radius 2 is 2.00 bits per heavy atom. The zero-order chi connectivity index (χ0) is 18.9. The topological polar surface area (TPSA) is 49.6 Å². The van der Waals surface area contributed by atoms with Crippen LogP contribution in [0.1, 0.15) is 16.7 Å². The van der Waals surface area contributed by atoms with Crippen LogP contribution in [-0.4, -0.2) is 55.8 Å². The van der Waals surface area contributed by atoms with Crippen molar-refractivity contribution in [1.82, 2.24) is 29.2 Å². The molecule has 5 rings (SSSR count). The van der Waals surface area contributed by atoms with Gasteiger partial charge in [-0.15, -0.1) is 11.3 Å². The lowest BCUT2D eigenvalue weighted by molar-refractivity contribution is 0.0885. The van der Waals surface area contributed by atoms with Crippen molar-refractivity contribution in [3.8, 4) is 11.3 Å². The number of aromatic nitrogens is 4. The van der Waals surface area contributed by atoms with Gasteiger partial charge in [0.2, 0.25) is 0 Å². The van der Waals surface area contributed by atoms with Gasteiger partial charge in [-0.05, 0) is 31.3 Å². The van der Waals surface area contributed by atoms with Gasteiger partial charge >= 0.3 is 0 Å². The number of hydrogen-bond acceptors (Lipinski definition) is 6. The third-order valence-electron chi connectivity index (χ3n) is 5.40. The number of imidazole rings is 1. The van der Waals surface area contributed by atoms with Gasteiger partial charge in [0.25, 0.3) is 0 Å². The second-order valence-electron chi connectivity index (χ2n) is 7.20. The quantitative estimate of drug-likeness (QED) is 0.535. The molecule has 0 aliphatic carbocycles. The third-order valence-corrected chi connectivity index (χ3v) is 6.17. The predicted octanol–water partition coefficient (Wildman–Crippen LogP) is 3.34. The van der Waals surface area contributed by atoms with Crippen LogP contribution in [0.15, 0.2) is 60.5 Å². The molecule has 1 fully saturated rings.